The summed E-state index contributed by atoms with van der Waals surface area (Å²) in [4.78, 5) is 11.8. The van der Waals surface area contributed by atoms with Gasteiger partial charge in [0, 0.05) is 0 Å². The molecule has 1 aromatic rings. The van der Waals surface area contributed by atoms with E-state index in [-0.39, 0.29) is 0 Å². The monoisotopic (exact) mass is 295 g/mol. The third-order valence-corrected chi connectivity index (χ3v) is 4.81. The van der Waals surface area contributed by atoms with Crippen LogP contribution in [0.4, 0.5) is 5.69 Å². The summed E-state index contributed by atoms with van der Waals surface area (Å²) in [5.74, 6) is 0.456. The van der Waals surface area contributed by atoms with Crippen LogP contribution < -0.4 is 5.32 Å². The Hall–Kier alpha value is -1.22. The van der Waals surface area contributed by atoms with Gasteiger partial charge in [-0.05, 0) is 49.7 Å². The molecule has 1 aliphatic carbocycles. The van der Waals surface area contributed by atoms with E-state index in [1.165, 1.54) is 0 Å². The van der Waals surface area contributed by atoms with E-state index >= 15 is 0 Å². The quantitative estimate of drug-likeness (QED) is 0.864. The van der Waals surface area contributed by atoms with Gasteiger partial charge in [0.1, 0.15) is 5.54 Å². The molecular formula is C16H22ClNO2. The van der Waals surface area contributed by atoms with Gasteiger partial charge in [0.25, 0.3) is 0 Å². The number of halogens is 1. The summed E-state index contributed by atoms with van der Waals surface area (Å²) in [5, 5.41) is 13.4. The molecule has 1 fully saturated rings. The average molecular weight is 296 g/mol. The Morgan fingerprint density at radius 2 is 1.95 bits per heavy atom. The Kier molecular flexibility index (Phi) is 4.59. The maximum absolute atomic E-state index is 11.8. The van der Waals surface area contributed by atoms with E-state index < -0.39 is 11.5 Å². The van der Waals surface area contributed by atoms with Gasteiger partial charge < -0.3 is 10.4 Å². The first kappa shape index (κ1) is 15.2. The third-order valence-electron chi connectivity index (χ3n) is 4.48. The number of aliphatic carboxylic acids is 1. The standard InChI is InChI=1S/C16H22ClNO2/c1-11(2)12-7-9-16(10-8-12,15(19)20)18-14-6-4-3-5-13(14)17/h3-6,11-12,18H,7-10H2,1-2H3,(H,19,20). The molecule has 0 unspecified atom stereocenters. The molecule has 0 amide bonds. The van der Waals surface area contributed by atoms with Gasteiger partial charge in [0.15, 0.2) is 0 Å². The molecule has 4 heteroatoms. The van der Waals surface area contributed by atoms with E-state index in [1.807, 2.05) is 18.2 Å². The van der Waals surface area contributed by atoms with Crippen LogP contribution in [0.2, 0.25) is 5.02 Å². The van der Waals surface area contributed by atoms with Crippen LogP contribution in [0.1, 0.15) is 39.5 Å². The fourth-order valence-electron chi connectivity index (χ4n) is 3.01. The van der Waals surface area contributed by atoms with Crippen molar-refractivity contribution in [1.82, 2.24) is 0 Å². The largest absolute Gasteiger partial charge is 0.480 e. The Morgan fingerprint density at radius 1 is 1.35 bits per heavy atom. The number of carbonyl (C=O) groups is 1. The molecule has 20 heavy (non-hydrogen) atoms. The molecule has 2 rings (SSSR count). The van der Waals surface area contributed by atoms with Gasteiger partial charge in [-0.1, -0.05) is 37.6 Å². The van der Waals surface area contributed by atoms with Crippen molar-refractivity contribution in [2.45, 2.75) is 45.1 Å². The molecular weight excluding hydrogens is 274 g/mol. The number of para-hydroxylation sites is 1. The van der Waals surface area contributed by atoms with Gasteiger partial charge in [0.2, 0.25) is 0 Å². The number of benzene rings is 1. The van der Waals surface area contributed by atoms with E-state index in [0.29, 0.717) is 35.4 Å². The summed E-state index contributed by atoms with van der Waals surface area (Å²) in [5.41, 5.74) is -0.171. The van der Waals surface area contributed by atoms with Gasteiger partial charge >= 0.3 is 5.97 Å². The molecule has 0 spiro atoms. The van der Waals surface area contributed by atoms with Gasteiger partial charge in [-0.3, -0.25) is 0 Å². The first-order valence-corrected chi connectivity index (χ1v) is 7.58. The first-order valence-electron chi connectivity index (χ1n) is 7.21. The molecule has 1 saturated carbocycles. The summed E-state index contributed by atoms with van der Waals surface area (Å²) in [7, 11) is 0. The number of rotatable bonds is 4. The smallest absolute Gasteiger partial charge is 0.329 e. The SMILES string of the molecule is CC(C)C1CCC(Nc2ccccc2Cl)(C(=O)O)CC1. The van der Waals surface area contributed by atoms with Crippen molar-refractivity contribution in [2.75, 3.05) is 5.32 Å². The summed E-state index contributed by atoms with van der Waals surface area (Å²) < 4.78 is 0. The van der Waals surface area contributed by atoms with Crippen molar-refractivity contribution in [3.05, 3.63) is 29.3 Å². The Morgan fingerprint density at radius 3 is 2.45 bits per heavy atom. The van der Waals surface area contributed by atoms with Gasteiger partial charge in [-0.25, -0.2) is 4.79 Å². The number of carboxylic acid groups (broad SMARTS) is 1. The molecule has 110 valence electrons. The second-order valence-corrected chi connectivity index (χ2v) is 6.48. The molecule has 1 aromatic carbocycles. The topological polar surface area (TPSA) is 49.3 Å². The van der Waals surface area contributed by atoms with Crippen LogP contribution in [-0.4, -0.2) is 16.6 Å². The zero-order chi connectivity index (χ0) is 14.8. The van der Waals surface area contributed by atoms with E-state index in [9.17, 15) is 9.90 Å². The lowest BCUT2D eigenvalue weighted by atomic mass is 9.72. The first-order chi connectivity index (χ1) is 9.44. The molecule has 0 bridgehead atoms. The highest BCUT2D eigenvalue weighted by atomic mass is 35.5. The van der Waals surface area contributed by atoms with Crippen molar-refractivity contribution in [2.24, 2.45) is 11.8 Å². The van der Waals surface area contributed by atoms with Crippen LogP contribution in [-0.2, 0) is 4.79 Å². The molecule has 0 heterocycles. The van der Waals surface area contributed by atoms with Crippen molar-refractivity contribution in [3.63, 3.8) is 0 Å². The maximum atomic E-state index is 11.8. The minimum Gasteiger partial charge on any atom is -0.480 e. The van der Waals surface area contributed by atoms with E-state index in [2.05, 4.69) is 19.2 Å². The van der Waals surface area contributed by atoms with Crippen LogP contribution in [0.25, 0.3) is 0 Å². The third kappa shape index (κ3) is 3.09. The summed E-state index contributed by atoms with van der Waals surface area (Å²) in [6.45, 7) is 4.42. The molecule has 1 aliphatic rings. The number of carboxylic acids is 1. The lowest BCUT2D eigenvalue weighted by Crippen LogP contribution is -2.49. The van der Waals surface area contributed by atoms with E-state index in [4.69, 9.17) is 11.6 Å². The summed E-state index contributed by atoms with van der Waals surface area (Å²) >= 11 is 6.13. The second-order valence-electron chi connectivity index (χ2n) is 6.07. The average Bonchev–Trinajstić information content (AvgIpc) is 2.42. The van der Waals surface area contributed by atoms with Gasteiger partial charge in [-0.15, -0.1) is 0 Å². The zero-order valence-electron chi connectivity index (χ0n) is 12.0. The molecule has 0 aromatic heterocycles. The molecule has 0 radical (unpaired) electrons. The molecule has 2 N–H and O–H groups in total. The predicted molar refractivity (Wildman–Crippen MR) is 82.2 cm³/mol. The number of nitrogens with one attached hydrogen (secondary N) is 1. The van der Waals surface area contributed by atoms with Crippen molar-refractivity contribution < 1.29 is 9.90 Å². The fraction of sp³-hybridized carbons (Fsp3) is 0.562. The number of hydrogen-bond donors (Lipinski definition) is 2. The number of anilines is 1. The molecule has 0 aliphatic heterocycles. The highest BCUT2D eigenvalue weighted by Gasteiger charge is 2.42. The van der Waals surface area contributed by atoms with Crippen LogP contribution in [0, 0.1) is 11.8 Å². The molecule has 0 atom stereocenters. The summed E-state index contributed by atoms with van der Waals surface area (Å²) in [6, 6.07) is 7.32. The van der Waals surface area contributed by atoms with Crippen LogP contribution in [0.3, 0.4) is 0 Å². The lowest BCUT2D eigenvalue weighted by Gasteiger charge is -2.39. The predicted octanol–water partition coefficient (Wildman–Crippen LogP) is 4.42. The molecule has 0 saturated heterocycles. The van der Waals surface area contributed by atoms with E-state index in [0.717, 1.165) is 12.8 Å². The molecule has 3 nitrogen and oxygen atoms in total. The Bertz CT molecular complexity index is 479. The maximum Gasteiger partial charge on any atom is 0.329 e. The fourth-order valence-corrected chi connectivity index (χ4v) is 3.20. The zero-order valence-corrected chi connectivity index (χ0v) is 12.8. The normalized spacial score (nSPS) is 26.5. The Balaban J connectivity index is 2.16. The van der Waals surface area contributed by atoms with Crippen LogP contribution in [0.5, 0.6) is 0 Å². The number of hydrogen-bond acceptors (Lipinski definition) is 2. The van der Waals surface area contributed by atoms with Crippen molar-refractivity contribution in [3.8, 4) is 0 Å². The van der Waals surface area contributed by atoms with Gasteiger partial charge in [0.05, 0.1) is 10.7 Å². The van der Waals surface area contributed by atoms with Crippen molar-refractivity contribution in [1.29, 1.82) is 0 Å². The summed E-state index contributed by atoms with van der Waals surface area (Å²) in [6.07, 6.45) is 3.19. The minimum atomic E-state index is -0.879. The van der Waals surface area contributed by atoms with Gasteiger partial charge in [-0.2, -0.15) is 0 Å². The van der Waals surface area contributed by atoms with E-state index in [1.54, 1.807) is 6.07 Å². The van der Waals surface area contributed by atoms with Crippen LogP contribution in [0.15, 0.2) is 24.3 Å². The van der Waals surface area contributed by atoms with Crippen molar-refractivity contribution >= 4 is 23.3 Å². The minimum absolute atomic E-state index is 0.569. The second kappa shape index (κ2) is 6.04. The highest BCUT2D eigenvalue weighted by molar-refractivity contribution is 6.33. The highest BCUT2D eigenvalue weighted by Crippen LogP contribution is 2.39. The lowest BCUT2D eigenvalue weighted by molar-refractivity contribution is -0.144. The Labute approximate surface area is 125 Å². The van der Waals surface area contributed by atoms with Crippen LogP contribution >= 0.6 is 11.6 Å².